The minimum Gasteiger partial charge on any atom is -0.493 e. The average Bonchev–Trinajstić information content (AvgIpc) is 3.05. The van der Waals surface area contributed by atoms with Crippen molar-refractivity contribution in [1.82, 2.24) is 0 Å². The van der Waals surface area contributed by atoms with Gasteiger partial charge >= 0.3 is 0 Å². The summed E-state index contributed by atoms with van der Waals surface area (Å²) in [7, 11) is 3.84. The van der Waals surface area contributed by atoms with Gasteiger partial charge in [-0.3, -0.25) is 9.59 Å². The van der Waals surface area contributed by atoms with Crippen LogP contribution in [0, 0.1) is 0 Å². The Bertz CT molecular complexity index is 1360. The van der Waals surface area contributed by atoms with Crippen LogP contribution in [0.5, 0.6) is 28.7 Å². The van der Waals surface area contributed by atoms with Crippen LogP contribution in [0.1, 0.15) is 20.7 Å². The normalized spacial score (nSPS) is 31.5. The van der Waals surface area contributed by atoms with Crippen molar-refractivity contribution in [3.8, 4) is 28.7 Å². The highest BCUT2D eigenvalue weighted by Gasteiger charge is 2.46. The number of Topliss-reactive ketones (excluding diaryl/α,β-unsaturated/α-hetero) is 2. The Morgan fingerprint density at radius 2 is 1.13 bits per heavy atom. The van der Waals surface area contributed by atoms with E-state index in [-0.39, 0.29) is 22.8 Å². The number of carbonyl (C=O) groups excluding carboxylic acids is 2. The van der Waals surface area contributed by atoms with Crippen molar-refractivity contribution in [1.29, 1.82) is 0 Å². The predicted octanol–water partition coefficient (Wildman–Crippen LogP) is -2.91. The average molecular weight is 643 g/mol. The van der Waals surface area contributed by atoms with Crippen LogP contribution in [-0.2, 0) is 9.47 Å². The second kappa shape index (κ2) is 14.2. The number of benzene rings is 2. The van der Waals surface area contributed by atoms with E-state index in [0.29, 0.717) is 0 Å². The summed E-state index contributed by atoms with van der Waals surface area (Å²) in [4.78, 5) is 26.8. The molecule has 2 aromatic carbocycles. The van der Waals surface area contributed by atoms with Crippen LogP contribution in [0.15, 0.2) is 30.3 Å². The van der Waals surface area contributed by atoms with E-state index in [0.717, 1.165) is 19.2 Å². The van der Waals surface area contributed by atoms with Crippen LogP contribution in [0.3, 0.4) is 0 Å². The first kappa shape index (κ1) is 34.3. The minimum atomic E-state index is -2.00. The van der Waals surface area contributed by atoms with Gasteiger partial charge in [0.1, 0.15) is 42.7 Å². The molecule has 0 unspecified atom stereocenters. The molecule has 248 valence electrons. The van der Waals surface area contributed by atoms with Crippen molar-refractivity contribution in [2.75, 3.05) is 27.9 Å². The van der Waals surface area contributed by atoms with Gasteiger partial charge in [-0.1, -0.05) is 0 Å². The predicted molar refractivity (Wildman–Crippen MR) is 145 cm³/mol. The molecule has 0 saturated carbocycles. The summed E-state index contributed by atoms with van der Waals surface area (Å²) in [6.07, 6.45) is -18.2. The minimum absolute atomic E-state index is 0.0985. The number of ether oxygens (including phenoxy) is 7. The fourth-order valence-electron chi connectivity index (χ4n) is 4.67. The Morgan fingerprint density at radius 1 is 0.622 bits per heavy atom. The molecular formula is C28H34O17. The lowest BCUT2D eigenvalue weighted by Crippen LogP contribution is -2.60. The lowest BCUT2D eigenvalue weighted by molar-refractivity contribution is -0.321. The first-order chi connectivity index (χ1) is 21.4. The summed E-state index contributed by atoms with van der Waals surface area (Å²) in [5.41, 5.74) is -0.504. The van der Waals surface area contributed by atoms with Crippen LogP contribution >= 0.6 is 0 Å². The molecule has 0 aromatic heterocycles. The molecule has 4 rings (SSSR count). The third kappa shape index (κ3) is 6.82. The highest BCUT2D eigenvalue weighted by atomic mass is 16.8. The Balaban J connectivity index is 1.77. The monoisotopic (exact) mass is 642 g/mol. The summed E-state index contributed by atoms with van der Waals surface area (Å²) < 4.78 is 37.5. The van der Waals surface area contributed by atoms with E-state index in [1.54, 1.807) is 0 Å². The zero-order valence-electron chi connectivity index (χ0n) is 24.1. The number of hydrogen-bond donors (Lipinski definition) is 8. The Kier molecular flexibility index (Phi) is 10.8. The molecular weight excluding hydrogens is 608 g/mol. The van der Waals surface area contributed by atoms with Crippen LogP contribution in [0.2, 0.25) is 0 Å². The smallest absolute Gasteiger partial charge is 0.233 e. The van der Waals surface area contributed by atoms with Gasteiger partial charge in [0.05, 0.1) is 27.9 Å². The van der Waals surface area contributed by atoms with Gasteiger partial charge in [0.2, 0.25) is 29.9 Å². The molecule has 17 nitrogen and oxygen atoms in total. The molecule has 8 N–H and O–H groups in total. The van der Waals surface area contributed by atoms with Crippen LogP contribution in [0.25, 0.3) is 0 Å². The number of carbonyl (C=O) groups is 2. The number of hydrogen-bond acceptors (Lipinski definition) is 17. The van der Waals surface area contributed by atoms with Gasteiger partial charge in [0.15, 0.2) is 29.3 Å². The molecule has 0 radical (unpaired) electrons. The third-order valence-electron chi connectivity index (χ3n) is 7.22. The lowest BCUT2D eigenvalue weighted by Gasteiger charge is -2.40. The zero-order valence-corrected chi connectivity index (χ0v) is 24.1. The maximum Gasteiger partial charge on any atom is 0.233 e. The third-order valence-corrected chi connectivity index (χ3v) is 7.22. The molecule has 0 aliphatic carbocycles. The number of rotatable bonds is 11. The van der Waals surface area contributed by atoms with E-state index < -0.39 is 96.8 Å². The molecule has 45 heavy (non-hydrogen) atoms. The molecule has 0 bridgehead atoms. The molecule has 10 atom stereocenters. The van der Waals surface area contributed by atoms with Crippen LogP contribution < -0.4 is 23.7 Å². The number of aliphatic hydroxyl groups excluding tert-OH is 8. The topological polar surface area (TPSA) is 261 Å². The van der Waals surface area contributed by atoms with Gasteiger partial charge in [0, 0.05) is 11.1 Å². The summed E-state index contributed by atoms with van der Waals surface area (Å²) in [5, 5.41) is 80.7. The number of ketones is 2. The van der Waals surface area contributed by atoms with E-state index in [9.17, 15) is 50.4 Å². The van der Waals surface area contributed by atoms with Gasteiger partial charge < -0.3 is 74.0 Å². The number of methoxy groups -OCH3 is 3. The SMILES string of the molecule is COc1ccc(C(=O)C(=O)c2cc(O[C@@H]3O[C@H](O)[C@@H](O)[C@H](O)[C@H]3O)c(OC)c(O[C@@H]3O[C@H](CO)[C@@H](O)[C@H](O)[C@H]3O)c2)cc1OC. The van der Waals surface area contributed by atoms with E-state index >= 15 is 0 Å². The summed E-state index contributed by atoms with van der Waals surface area (Å²) in [6.45, 7) is -0.776. The van der Waals surface area contributed by atoms with Gasteiger partial charge in [-0.2, -0.15) is 0 Å². The molecule has 2 aliphatic heterocycles. The molecule has 2 fully saturated rings. The van der Waals surface area contributed by atoms with Crippen molar-refractivity contribution < 1.29 is 83.6 Å². The van der Waals surface area contributed by atoms with Crippen LogP contribution in [0.4, 0.5) is 0 Å². The van der Waals surface area contributed by atoms with Crippen molar-refractivity contribution in [2.45, 2.75) is 61.6 Å². The second-order valence-electron chi connectivity index (χ2n) is 10.0. The van der Waals surface area contributed by atoms with Crippen LogP contribution in [-0.4, -0.2) is 142 Å². The molecule has 0 amide bonds. The van der Waals surface area contributed by atoms with E-state index in [4.69, 9.17) is 33.2 Å². The fourth-order valence-corrected chi connectivity index (χ4v) is 4.67. The Labute approximate surface area is 255 Å². The first-order valence-corrected chi connectivity index (χ1v) is 13.4. The summed E-state index contributed by atoms with van der Waals surface area (Å²) in [6, 6.07) is 6.00. The highest BCUT2D eigenvalue weighted by Crippen LogP contribution is 2.42. The number of aliphatic hydroxyl groups is 8. The molecule has 17 heteroatoms. The van der Waals surface area contributed by atoms with Crippen molar-refractivity contribution in [3.63, 3.8) is 0 Å². The fraction of sp³-hybridized carbons (Fsp3) is 0.500. The van der Waals surface area contributed by atoms with Crippen molar-refractivity contribution >= 4 is 11.6 Å². The largest absolute Gasteiger partial charge is 0.493 e. The van der Waals surface area contributed by atoms with Gasteiger partial charge in [0.25, 0.3) is 0 Å². The molecule has 2 heterocycles. The maximum absolute atomic E-state index is 13.5. The van der Waals surface area contributed by atoms with Crippen molar-refractivity contribution in [2.24, 2.45) is 0 Å². The van der Waals surface area contributed by atoms with E-state index in [2.05, 4.69) is 0 Å². The standard InChI is InChI=1S/C28H34O17/c1-39-12-5-4-10(6-13(12)40-2)17(30)18(31)11-7-14(42-27-23(36)20(33)19(32)16(9-29)44-27)25(41-3)15(8-11)43-28-24(37)21(34)22(35)26(38)45-28/h4-8,16,19-24,26-29,32-38H,9H2,1-3H3/t16-,19-,20+,21+,22+,23-,24-,26+,27-,28-/m1/s1. The first-order valence-electron chi connectivity index (χ1n) is 13.4. The second-order valence-corrected chi connectivity index (χ2v) is 10.0. The maximum atomic E-state index is 13.5. The zero-order chi connectivity index (χ0) is 33.2. The molecule has 0 spiro atoms. The lowest BCUT2D eigenvalue weighted by atomic mass is 9.99. The molecule has 2 aromatic rings. The van der Waals surface area contributed by atoms with Crippen molar-refractivity contribution in [3.05, 3.63) is 41.5 Å². The van der Waals surface area contributed by atoms with E-state index in [1.165, 1.54) is 32.4 Å². The summed E-state index contributed by atoms with van der Waals surface area (Å²) >= 11 is 0. The Hall–Kier alpha value is -3.62. The van der Waals surface area contributed by atoms with Gasteiger partial charge in [-0.05, 0) is 30.3 Å². The van der Waals surface area contributed by atoms with Gasteiger partial charge in [-0.25, -0.2) is 0 Å². The Morgan fingerprint density at radius 3 is 1.67 bits per heavy atom. The molecule has 2 saturated heterocycles. The molecule has 2 aliphatic rings. The highest BCUT2D eigenvalue weighted by molar-refractivity contribution is 6.49. The van der Waals surface area contributed by atoms with E-state index in [1.807, 2.05) is 0 Å². The van der Waals surface area contributed by atoms with Gasteiger partial charge in [-0.15, -0.1) is 0 Å². The summed E-state index contributed by atoms with van der Waals surface area (Å²) in [5.74, 6) is -2.96. The quantitative estimate of drug-likeness (QED) is 0.0902.